The number of benzene rings is 1. The molecule has 1 fully saturated rings. The molecule has 5 aromatic rings. The molecule has 0 spiro atoms. The van der Waals surface area contributed by atoms with Crippen LogP contribution in [-0.4, -0.2) is 82.9 Å². The van der Waals surface area contributed by atoms with Crippen LogP contribution >= 0.6 is 0 Å². The molecule has 0 aliphatic carbocycles. The van der Waals surface area contributed by atoms with Crippen LogP contribution in [0.5, 0.6) is 5.75 Å². The number of nitrogens with zero attached hydrogens (tertiary/aromatic N) is 7. The van der Waals surface area contributed by atoms with E-state index in [4.69, 9.17) is 24.4 Å². The van der Waals surface area contributed by atoms with Gasteiger partial charge in [0.25, 0.3) is 0 Å². The molecule has 15 nitrogen and oxygen atoms in total. The third kappa shape index (κ3) is 5.64. The molecule has 1 aliphatic heterocycles. The Morgan fingerprint density at radius 3 is 2.93 bits per heavy atom. The number of nitrogens with two attached hydrogens (primary N) is 1. The molecular weight excluding hydrogens is 548 g/mol. The van der Waals surface area contributed by atoms with Crippen molar-refractivity contribution in [1.29, 1.82) is 0 Å². The van der Waals surface area contributed by atoms with Crippen molar-refractivity contribution in [3.8, 4) is 17.6 Å². The molecule has 1 aliphatic rings. The van der Waals surface area contributed by atoms with Gasteiger partial charge in [0.1, 0.15) is 48.1 Å². The maximum atomic E-state index is 11.4. The molecule has 0 unspecified atom stereocenters. The van der Waals surface area contributed by atoms with E-state index < -0.39 is 30.2 Å². The van der Waals surface area contributed by atoms with Crippen LogP contribution in [0.15, 0.2) is 58.4 Å². The number of aliphatic hydroxyl groups excluding tert-OH is 2. The number of hydrogen-bond acceptors (Lipinski definition) is 13. The van der Waals surface area contributed by atoms with Gasteiger partial charge in [-0.1, -0.05) is 11.1 Å². The lowest BCUT2D eigenvalue weighted by molar-refractivity contribution is -0.0713. The van der Waals surface area contributed by atoms with Crippen molar-refractivity contribution in [3.63, 3.8) is 0 Å². The fourth-order valence-corrected chi connectivity index (χ4v) is 4.62. The summed E-state index contributed by atoms with van der Waals surface area (Å²) in [5.74, 6) is 6.53. The van der Waals surface area contributed by atoms with Crippen LogP contribution in [0.4, 0.5) is 5.82 Å². The maximum absolute atomic E-state index is 11.4. The van der Waals surface area contributed by atoms with E-state index in [2.05, 4.69) is 37.1 Å². The SMILES string of the molecule is Nc1ncnc2c1ncn2[C@@H]1O[C@H](CO)[C@@H](O)[C@H]1OCCCn1cc(C#CCOc2ccc3ccc(=O)oc3c2)nn1. The molecule has 5 heterocycles. The van der Waals surface area contributed by atoms with E-state index in [-0.39, 0.29) is 25.6 Å². The number of hydrogen-bond donors (Lipinski definition) is 3. The average Bonchev–Trinajstić information content (AvgIpc) is 3.71. The van der Waals surface area contributed by atoms with E-state index in [1.54, 1.807) is 39.7 Å². The minimum absolute atomic E-state index is 0.107. The van der Waals surface area contributed by atoms with Crippen LogP contribution in [-0.2, 0) is 16.0 Å². The molecule has 6 rings (SSSR count). The molecule has 0 amide bonds. The predicted molar refractivity (Wildman–Crippen MR) is 146 cm³/mol. The predicted octanol–water partition coefficient (Wildman–Crippen LogP) is 0.263. The minimum atomic E-state index is -1.07. The molecule has 42 heavy (non-hydrogen) atoms. The third-order valence-corrected chi connectivity index (χ3v) is 6.66. The zero-order chi connectivity index (χ0) is 29.1. The van der Waals surface area contributed by atoms with Crippen molar-refractivity contribution in [2.45, 2.75) is 37.5 Å². The second kappa shape index (κ2) is 11.9. The second-order valence-corrected chi connectivity index (χ2v) is 9.42. The topological polar surface area (TPSA) is 199 Å². The first-order chi connectivity index (χ1) is 20.5. The molecule has 4 N–H and O–H groups in total. The van der Waals surface area contributed by atoms with Gasteiger partial charge in [0.15, 0.2) is 23.4 Å². The van der Waals surface area contributed by atoms with Crippen LogP contribution < -0.4 is 16.1 Å². The van der Waals surface area contributed by atoms with Crippen molar-refractivity contribution in [3.05, 3.63) is 65.3 Å². The van der Waals surface area contributed by atoms with Crippen molar-refractivity contribution in [1.82, 2.24) is 34.5 Å². The Kier molecular flexibility index (Phi) is 7.75. The first kappa shape index (κ1) is 27.3. The lowest BCUT2D eigenvalue weighted by Crippen LogP contribution is -2.35. The Morgan fingerprint density at radius 1 is 1.17 bits per heavy atom. The number of imidazole rings is 1. The van der Waals surface area contributed by atoms with Gasteiger partial charge in [-0.15, -0.1) is 5.10 Å². The summed E-state index contributed by atoms with van der Waals surface area (Å²) in [5.41, 5.74) is 7.21. The van der Waals surface area contributed by atoms with Gasteiger partial charge in [-0.25, -0.2) is 19.7 Å². The zero-order valence-corrected chi connectivity index (χ0v) is 22.1. The Bertz CT molecular complexity index is 1820. The van der Waals surface area contributed by atoms with Crippen molar-refractivity contribution in [2.24, 2.45) is 0 Å². The van der Waals surface area contributed by atoms with Gasteiger partial charge < -0.3 is 34.6 Å². The summed E-state index contributed by atoms with van der Waals surface area (Å²) in [4.78, 5) is 23.8. The molecule has 0 saturated carbocycles. The lowest BCUT2D eigenvalue weighted by Gasteiger charge is -2.22. The molecule has 0 bridgehead atoms. The van der Waals surface area contributed by atoms with Gasteiger partial charge in [0.05, 0.1) is 19.1 Å². The lowest BCUT2D eigenvalue weighted by atomic mass is 10.1. The number of ether oxygens (including phenoxy) is 3. The van der Waals surface area contributed by atoms with E-state index in [1.165, 1.54) is 18.7 Å². The summed E-state index contributed by atoms with van der Waals surface area (Å²) in [5, 5.41) is 29.3. The van der Waals surface area contributed by atoms with Crippen LogP contribution in [0.2, 0.25) is 0 Å². The van der Waals surface area contributed by atoms with Crippen molar-refractivity contribution >= 4 is 28.0 Å². The molecule has 216 valence electrons. The van der Waals surface area contributed by atoms with Crippen LogP contribution in [0.1, 0.15) is 18.3 Å². The van der Waals surface area contributed by atoms with E-state index in [0.717, 1.165) is 5.39 Å². The molecule has 15 heteroatoms. The summed E-state index contributed by atoms with van der Waals surface area (Å²) < 4.78 is 25.9. The van der Waals surface area contributed by atoms with Gasteiger partial charge >= 0.3 is 5.63 Å². The second-order valence-electron chi connectivity index (χ2n) is 9.42. The summed E-state index contributed by atoms with van der Waals surface area (Å²) in [6.07, 6.45) is 1.60. The Morgan fingerprint density at radius 2 is 2.05 bits per heavy atom. The summed E-state index contributed by atoms with van der Waals surface area (Å²) in [6.45, 7) is 0.485. The maximum Gasteiger partial charge on any atom is 0.336 e. The quantitative estimate of drug-likeness (QED) is 0.123. The molecule has 4 aromatic heterocycles. The third-order valence-electron chi connectivity index (χ3n) is 6.66. The highest BCUT2D eigenvalue weighted by Gasteiger charge is 2.45. The Hall–Kier alpha value is -4.88. The van der Waals surface area contributed by atoms with E-state index in [1.807, 2.05) is 0 Å². The highest BCUT2D eigenvalue weighted by Crippen LogP contribution is 2.34. The van der Waals surface area contributed by atoms with Crippen LogP contribution in [0.3, 0.4) is 0 Å². The number of aromatic nitrogens is 7. The monoisotopic (exact) mass is 574 g/mol. The highest BCUT2D eigenvalue weighted by atomic mass is 16.6. The smallest absolute Gasteiger partial charge is 0.336 e. The summed E-state index contributed by atoms with van der Waals surface area (Å²) in [7, 11) is 0. The van der Waals surface area contributed by atoms with E-state index >= 15 is 0 Å². The number of rotatable bonds is 9. The van der Waals surface area contributed by atoms with Gasteiger partial charge in [-0.05, 0) is 30.5 Å². The highest BCUT2D eigenvalue weighted by molar-refractivity contribution is 5.81. The molecule has 1 aromatic carbocycles. The van der Waals surface area contributed by atoms with Gasteiger partial charge in [-0.2, -0.15) is 0 Å². The number of anilines is 1. The van der Waals surface area contributed by atoms with Gasteiger partial charge in [0, 0.05) is 30.7 Å². The standard InChI is InChI=1S/C27H26N8O7/c28-25-22-26(30-14-29-25)35(15-31-22)27-24(23(38)20(13-36)42-27)40-10-2-8-34-12-17(32-33-34)3-1-9-39-18-6-4-16-5-7-21(37)41-19(16)11-18/h4-7,11-12,14-15,20,23-24,27,36,38H,2,8-10,13H2,(H2,28,29,30)/t20-,23-,24-,27-/m1/s1. The van der Waals surface area contributed by atoms with Crippen molar-refractivity contribution < 1.29 is 28.8 Å². The Balaban J connectivity index is 1.01. The van der Waals surface area contributed by atoms with Crippen LogP contribution in [0, 0.1) is 11.8 Å². The normalized spacial score (nSPS) is 20.1. The van der Waals surface area contributed by atoms with E-state index in [9.17, 15) is 15.0 Å². The Labute approximate surface area is 237 Å². The molecule has 4 atom stereocenters. The van der Waals surface area contributed by atoms with E-state index in [0.29, 0.717) is 41.2 Å². The zero-order valence-electron chi connectivity index (χ0n) is 22.1. The fraction of sp³-hybridized carbons (Fsp3) is 0.333. The number of aliphatic hydroxyl groups is 2. The number of nitrogen functional groups attached to an aromatic ring is 1. The molecule has 0 radical (unpaired) electrons. The fourth-order valence-electron chi connectivity index (χ4n) is 4.62. The molecule has 1 saturated heterocycles. The number of fused-ring (bicyclic) bond motifs is 2. The minimum Gasteiger partial charge on any atom is -0.481 e. The first-order valence-corrected chi connectivity index (χ1v) is 13.0. The summed E-state index contributed by atoms with van der Waals surface area (Å²) >= 11 is 0. The number of aryl methyl sites for hydroxylation is 1. The van der Waals surface area contributed by atoms with Crippen molar-refractivity contribution in [2.75, 3.05) is 25.6 Å². The summed E-state index contributed by atoms with van der Waals surface area (Å²) in [6, 6.07) is 8.26. The van der Waals surface area contributed by atoms with Gasteiger partial charge in [-0.3, -0.25) is 9.25 Å². The van der Waals surface area contributed by atoms with Gasteiger partial charge in [0.2, 0.25) is 0 Å². The first-order valence-electron chi connectivity index (χ1n) is 13.0. The largest absolute Gasteiger partial charge is 0.481 e. The average molecular weight is 575 g/mol. The molecular formula is C27H26N8O7. The van der Waals surface area contributed by atoms with Crippen LogP contribution in [0.25, 0.3) is 22.1 Å².